The minimum atomic E-state index is -0.807. The van der Waals surface area contributed by atoms with E-state index in [1.54, 1.807) is 0 Å². The van der Waals surface area contributed by atoms with Crippen LogP contribution in [0.15, 0.2) is 12.2 Å². The zero-order valence-electron chi connectivity index (χ0n) is 35.5. The molecule has 12 atom stereocenters. The summed E-state index contributed by atoms with van der Waals surface area (Å²) in [7, 11) is 0. The van der Waals surface area contributed by atoms with Gasteiger partial charge in [-0.1, -0.05) is 84.8 Å². The number of carboxylic acids is 2. The molecule has 5 rings (SSSR count). The van der Waals surface area contributed by atoms with E-state index in [1.807, 2.05) is 6.92 Å². The Morgan fingerprint density at radius 1 is 0.860 bits per heavy atom. The predicted molar refractivity (Wildman–Crippen MR) is 215 cm³/mol. The highest BCUT2D eigenvalue weighted by molar-refractivity contribution is 5.97. The van der Waals surface area contributed by atoms with Crippen LogP contribution in [0.2, 0.25) is 0 Å². The van der Waals surface area contributed by atoms with Crippen LogP contribution in [-0.2, 0) is 38.2 Å². The molecule has 2 N–H and O–H groups in total. The number of carbonyl (C=O) groups excluding carboxylic acids is 4. The minimum absolute atomic E-state index is 0.0247. The van der Waals surface area contributed by atoms with Crippen molar-refractivity contribution >= 4 is 35.8 Å². The Balaban J connectivity index is 1.56. The molecule has 57 heavy (non-hydrogen) atoms. The normalized spacial score (nSPS) is 35.2. The van der Waals surface area contributed by atoms with Crippen molar-refractivity contribution in [2.75, 3.05) is 0 Å². The Hall–Kier alpha value is -3.04. The number of hydrogen-bond acceptors (Lipinski definition) is 8. The first-order valence-electron chi connectivity index (χ1n) is 22.7. The minimum Gasteiger partial charge on any atom is -0.481 e. The van der Waals surface area contributed by atoms with Gasteiger partial charge < -0.3 is 19.7 Å². The van der Waals surface area contributed by atoms with Crippen LogP contribution in [0.1, 0.15) is 169 Å². The van der Waals surface area contributed by atoms with Gasteiger partial charge in [-0.25, -0.2) is 0 Å². The second-order valence-corrected chi connectivity index (χ2v) is 19.7. The second-order valence-electron chi connectivity index (χ2n) is 19.7. The van der Waals surface area contributed by atoms with Gasteiger partial charge in [0.15, 0.2) is 0 Å². The quantitative estimate of drug-likeness (QED) is 0.0525. The number of carbonyl (C=O) groups is 6. The number of unbranched alkanes of at least 4 members (excludes halogenated alkanes) is 7. The summed E-state index contributed by atoms with van der Waals surface area (Å²) in [5.74, 6) is -4.88. The van der Waals surface area contributed by atoms with Crippen molar-refractivity contribution in [3.05, 3.63) is 12.2 Å². The monoisotopic (exact) mass is 797 g/mol. The van der Waals surface area contributed by atoms with Gasteiger partial charge in [0.1, 0.15) is 0 Å². The lowest BCUT2D eigenvalue weighted by Crippen LogP contribution is -2.57. The van der Waals surface area contributed by atoms with Crippen LogP contribution in [0.4, 0.5) is 0 Å². The maximum atomic E-state index is 14.1. The van der Waals surface area contributed by atoms with Crippen LogP contribution in [0.5, 0.6) is 0 Å². The van der Waals surface area contributed by atoms with E-state index in [-0.39, 0.29) is 59.7 Å². The zero-order valence-corrected chi connectivity index (χ0v) is 35.5. The van der Waals surface area contributed by atoms with Crippen LogP contribution in [0.25, 0.3) is 0 Å². The lowest BCUT2D eigenvalue weighted by Gasteiger charge is -2.61. The van der Waals surface area contributed by atoms with E-state index in [4.69, 9.17) is 14.6 Å². The maximum absolute atomic E-state index is 14.1. The first kappa shape index (κ1) is 45.1. The Bertz CT molecular complexity index is 1480. The first-order valence-corrected chi connectivity index (χ1v) is 22.7. The van der Waals surface area contributed by atoms with Crippen LogP contribution < -0.4 is 0 Å². The third-order valence-corrected chi connectivity index (χ3v) is 15.7. The zero-order chi connectivity index (χ0) is 41.5. The summed E-state index contributed by atoms with van der Waals surface area (Å²) in [6.45, 7) is 10.9. The molecule has 0 radical (unpaired) electrons. The smallest absolute Gasteiger partial charge is 0.317 e. The highest BCUT2D eigenvalue weighted by Crippen LogP contribution is 2.66. The number of ether oxygens (including phenoxy) is 2. The molecule has 5 aliphatic rings. The molecule has 12 unspecified atom stereocenters. The first-order chi connectivity index (χ1) is 27.1. The molecule has 10 heteroatoms. The molecule has 2 heterocycles. The van der Waals surface area contributed by atoms with Crippen LogP contribution in [0.3, 0.4) is 0 Å². The van der Waals surface area contributed by atoms with Crippen molar-refractivity contribution in [2.24, 2.45) is 75.9 Å². The lowest BCUT2D eigenvalue weighted by atomic mass is 9.42. The molecule has 0 aromatic heterocycles. The lowest BCUT2D eigenvalue weighted by molar-refractivity contribution is -0.176. The number of fused-ring (bicyclic) bond motifs is 4. The van der Waals surface area contributed by atoms with Gasteiger partial charge in [-0.2, -0.15) is 0 Å². The van der Waals surface area contributed by atoms with Crippen LogP contribution in [-0.4, -0.2) is 46.0 Å². The molecular weight excluding hydrogens is 725 g/mol. The van der Waals surface area contributed by atoms with E-state index >= 15 is 0 Å². The molecule has 0 spiro atoms. The fourth-order valence-corrected chi connectivity index (χ4v) is 13.1. The summed E-state index contributed by atoms with van der Waals surface area (Å²) in [6, 6.07) is 0. The van der Waals surface area contributed by atoms with Crippen molar-refractivity contribution < 1.29 is 48.5 Å². The summed E-state index contributed by atoms with van der Waals surface area (Å²) in [5, 5.41) is 19.7. The van der Waals surface area contributed by atoms with Crippen molar-refractivity contribution in [2.45, 2.75) is 169 Å². The summed E-state index contributed by atoms with van der Waals surface area (Å²) in [5.41, 5.74) is -1.03. The third kappa shape index (κ3) is 10.2. The molecule has 10 nitrogen and oxygen atoms in total. The van der Waals surface area contributed by atoms with E-state index in [1.165, 1.54) is 0 Å². The van der Waals surface area contributed by atoms with Crippen LogP contribution in [0, 0.1) is 75.9 Å². The van der Waals surface area contributed by atoms with E-state index in [2.05, 4.69) is 39.8 Å². The van der Waals surface area contributed by atoms with Crippen LogP contribution >= 0.6 is 0 Å². The molecule has 2 aliphatic heterocycles. The Kier molecular flexibility index (Phi) is 15.7. The SMILES string of the molecule is CCCCC/C=C/C(CC(CCCCCCCC(=O)O)C1CC(=O)OC1=O)C1C(CC(C)C)C2CCC3C(C)(C(=O)O)CCCC3(C)C2CCC2C(=O)OC(=O)C21. The van der Waals surface area contributed by atoms with E-state index in [9.17, 15) is 33.9 Å². The van der Waals surface area contributed by atoms with Gasteiger partial charge in [-0.3, -0.25) is 28.8 Å². The van der Waals surface area contributed by atoms with Gasteiger partial charge in [0.05, 0.1) is 29.6 Å². The average molecular weight is 797 g/mol. The van der Waals surface area contributed by atoms with Gasteiger partial charge in [0.2, 0.25) is 0 Å². The fourth-order valence-electron chi connectivity index (χ4n) is 13.1. The molecule has 3 aliphatic carbocycles. The van der Waals surface area contributed by atoms with Crippen molar-refractivity contribution in [1.82, 2.24) is 0 Å². The number of hydrogen-bond donors (Lipinski definition) is 2. The largest absolute Gasteiger partial charge is 0.481 e. The van der Waals surface area contributed by atoms with E-state index < -0.39 is 59.0 Å². The molecular formula is C47H72O10. The topological polar surface area (TPSA) is 161 Å². The second kappa shape index (κ2) is 19.8. The molecule has 0 amide bonds. The van der Waals surface area contributed by atoms with E-state index in [0.29, 0.717) is 38.0 Å². The Labute approximate surface area is 341 Å². The average Bonchev–Trinajstić information content (AvgIpc) is 3.61. The number of cyclic esters (lactones) is 4. The number of allylic oxidation sites excluding steroid dienone is 2. The fraction of sp³-hybridized carbons (Fsp3) is 0.830. The summed E-state index contributed by atoms with van der Waals surface area (Å²) >= 11 is 0. The third-order valence-electron chi connectivity index (χ3n) is 15.7. The molecule has 5 fully saturated rings. The van der Waals surface area contributed by atoms with Gasteiger partial charge in [-0.15, -0.1) is 0 Å². The highest BCUT2D eigenvalue weighted by Gasteiger charge is 2.63. The molecule has 2 saturated heterocycles. The van der Waals surface area contributed by atoms with Crippen molar-refractivity contribution in [3.8, 4) is 0 Å². The number of rotatable bonds is 20. The molecule has 320 valence electrons. The van der Waals surface area contributed by atoms with Gasteiger partial charge in [0.25, 0.3) is 0 Å². The maximum Gasteiger partial charge on any atom is 0.317 e. The molecule has 3 saturated carbocycles. The Morgan fingerprint density at radius 2 is 1.60 bits per heavy atom. The standard InChI is InChI=1S/C47H72O10/c1-6-7-8-10-14-18-31(27-30(34-28-39(50)56-43(34)52)17-13-11-9-12-15-19-38(48)49)40-35(26-29(2)3)32-21-23-37-46(4,24-16-25-47(37,5)45(54)55)36(32)22-20-33-41(40)44(53)57-42(33)51/h14,18,29-37,40-41H,6-13,15-17,19-28H2,1-5H3,(H,48,49)(H,54,55)/b18-14+. The molecule has 0 aromatic rings. The summed E-state index contributed by atoms with van der Waals surface area (Å²) < 4.78 is 10.7. The van der Waals surface area contributed by atoms with Crippen molar-refractivity contribution in [1.29, 1.82) is 0 Å². The number of aliphatic carboxylic acids is 2. The number of esters is 4. The van der Waals surface area contributed by atoms with Gasteiger partial charge in [-0.05, 0) is 137 Å². The van der Waals surface area contributed by atoms with E-state index in [0.717, 1.165) is 89.9 Å². The van der Waals surface area contributed by atoms with Crippen molar-refractivity contribution in [3.63, 3.8) is 0 Å². The summed E-state index contributed by atoms with van der Waals surface area (Å²) in [4.78, 5) is 77.8. The summed E-state index contributed by atoms with van der Waals surface area (Å²) in [6.07, 6.45) is 20.5. The Morgan fingerprint density at radius 3 is 2.26 bits per heavy atom. The van der Waals surface area contributed by atoms with Gasteiger partial charge >= 0.3 is 35.8 Å². The molecule has 0 bridgehead atoms. The molecule has 0 aromatic carbocycles. The number of carboxylic acid groups (broad SMARTS) is 2. The highest BCUT2D eigenvalue weighted by atomic mass is 16.6. The predicted octanol–water partition coefficient (Wildman–Crippen LogP) is 9.96. The van der Waals surface area contributed by atoms with Gasteiger partial charge in [0, 0.05) is 6.42 Å².